The average molecular weight is 270 g/mol. The summed E-state index contributed by atoms with van der Waals surface area (Å²) in [6, 6.07) is 5.79. The van der Waals surface area contributed by atoms with Gasteiger partial charge in [0.1, 0.15) is 5.75 Å². The maximum Gasteiger partial charge on any atom is 0.123 e. The SMILES string of the molecule is CC(C)COc1ccc(Cl)cc1CNC(C)(C)C. The molecule has 1 rings (SSSR count). The van der Waals surface area contributed by atoms with Gasteiger partial charge in [-0.2, -0.15) is 0 Å². The summed E-state index contributed by atoms with van der Waals surface area (Å²) in [5, 5.41) is 4.20. The van der Waals surface area contributed by atoms with Gasteiger partial charge >= 0.3 is 0 Å². The van der Waals surface area contributed by atoms with Crippen molar-refractivity contribution in [3.8, 4) is 5.75 Å². The molecule has 0 aliphatic rings. The molecule has 0 heterocycles. The van der Waals surface area contributed by atoms with Crippen LogP contribution in [0.5, 0.6) is 5.75 Å². The highest BCUT2D eigenvalue weighted by Gasteiger charge is 2.11. The lowest BCUT2D eigenvalue weighted by atomic mass is 10.1. The molecule has 0 amide bonds. The van der Waals surface area contributed by atoms with Gasteiger partial charge in [0.05, 0.1) is 6.61 Å². The van der Waals surface area contributed by atoms with E-state index < -0.39 is 0 Å². The maximum absolute atomic E-state index is 6.05. The molecule has 0 aliphatic carbocycles. The van der Waals surface area contributed by atoms with E-state index in [4.69, 9.17) is 16.3 Å². The van der Waals surface area contributed by atoms with Crippen LogP contribution in [0.1, 0.15) is 40.2 Å². The van der Waals surface area contributed by atoms with E-state index in [1.54, 1.807) is 0 Å². The van der Waals surface area contributed by atoms with E-state index in [1.807, 2.05) is 18.2 Å². The second-order valence-corrected chi connectivity index (χ2v) is 6.50. The van der Waals surface area contributed by atoms with Crippen molar-refractivity contribution in [2.45, 2.75) is 46.7 Å². The normalized spacial score (nSPS) is 11.9. The van der Waals surface area contributed by atoms with Crippen molar-refractivity contribution in [2.24, 2.45) is 5.92 Å². The van der Waals surface area contributed by atoms with E-state index in [0.717, 1.165) is 29.5 Å². The minimum atomic E-state index is 0.0810. The van der Waals surface area contributed by atoms with Crippen molar-refractivity contribution in [1.29, 1.82) is 0 Å². The van der Waals surface area contributed by atoms with Crippen LogP contribution in [0, 0.1) is 5.92 Å². The second kappa shape index (κ2) is 6.44. The molecule has 0 radical (unpaired) electrons. The predicted molar refractivity (Wildman–Crippen MR) is 78.4 cm³/mol. The molecular weight excluding hydrogens is 246 g/mol. The van der Waals surface area contributed by atoms with Gasteiger partial charge in [-0.05, 0) is 44.9 Å². The summed E-state index contributed by atoms with van der Waals surface area (Å²) in [5.41, 5.74) is 1.19. The number of hydrogen-bond acceptors (Lipinski definition) is 2. The van der Waals surface area contributed by atoms with Crippen LogP contribution in [0.25, 0.3) is 0 Å². The summed E-state index contributed by atoms with van der Waals surface area (Å²) in [7, 11) is 0. The zero-order valence-electron chi connectivity index (χ0n) is 12.0. The van der Waals surface area contributed by atoms with Crippen molar-refractivity contribution in [1.82, 2.24) is 5.32 Å². The van der Waals surface area contributed by atoms with Crippen molar-refractivity contribution in [2.75, 3.05) is 6.61 Å². The Labute approximate surface area is 116 Å². The van der Waals surface area contributed by atoms with Gasteiger partial charge in [-0.15, -0.1) is 0 Å². The molecule has 102 valence electrons. The molecule has 0 fully saturated rings. The van der Waals surface area contributed by atoms with Gasteiger partial charge in [-0.1, -0.05) is 25.4 Å². The van der Waals surface area contributed by atoms with Crippen molar-refractivity contribution in [3.05, 3.63) is 28.8 Å². The maximum atomic E-state index is 6.05. The first-order chi connectivity index (χ1) is 8.28. The molecule has 0 unspecified atom stereocenters. The highest BCUT2D eigenvalue weighted by Crippen LogP contribution is 2.24. The molecule has 1 aromatic rings. The third-order valence-electron chi connectivity index (χ3n) is 2.40. The van der Waals surface area contributed by atoms with Crippen LogP contribution in [0.15, 0.2) is 18.2 Å². The fraction of sp³-hybridized carbons (Fsp3) is 0.600. The van der Waals surface area contributed by atoms with Crippen molar-refractivity contribution >= 4 is 11.6 Å². The van der Waals surface area contributed by atoms with E-state index in [1.165, 1.54) is 0 Å². The number of halogens is 1. The Hall–Kier alpha value is -0.730. The van der Waals surface area contributed by atoms with E-state index in [0.29, 0.717) is 5.92 Å². The quantitative estimate of drug-likeness (QED) is 0.862. The second-order valence-electron chi connectivity index (χ2n) is 6.06. The Morgan fingerprint density at radius 1 is 1.28 bits per heavy atom. The summed E-state index contributed by atoms with van der Waals surface area (Å²) in [6.45, 7) is 12.2. The molecule has 0 aliphatic heterocycles. The molecule has 0 bridgehead atoms. The molecule has 0 spiro atoms. The minimum absolute atomic E-state index is 0.0810. The molecule has 0 aromatic heterocycles. The molecule has 1 N–H and O–H groups in total. The number of hydrogen-bond donors (Lipinski definition) is 1. The molecule has 1 aromatic carbocycles. The lowest BCUT2D eigenvalue weighted by molar-refractivity contribution is 0.267. The Bertz CT molecular complexity index is 383. The number of nitrogens with one attached hydrogen (secondary N) is 1. The average Bonchev–Trinajstić information content (AvgIpc) is 2.23. The Balaban J connectivity index is 2.76. The minimum Gasteiger partial charge on any atom is -0.493 e. The molecule has 3 heteroatoms. The smallest absolute Gasteiger partial charge is 0.123 e. The van der Waals surface area contributed by atoms with Crippen LogP contribution in [-0.2, 0) is 6.54 Å². The summed E-state index contributed by atoms with van der Waals surface area (Å²) in [5.74, 6) is 1.44. The number of ether oxygens (including phenoxy) is 1. The fourth-order valence-electron chi connectivity index (χ4n) is 1.44. The summed E-state index contributed by atoms with van der Waals surface area (Å²) < 4.78 is 5.82. The highest BCUT2D eigenvalue weighted by atomic mass is 35.5. The summed E-state index contributed by atoms with van der Waals surface area (Å²) in [4.78, 5) is 0. The topological polar surface area (TPSA) is 21.3 Å². The zero-order chi connectivity index (χ0) is 13.8. The largest absolute Gasteiger partial charge is 0.493 e. The van der Waals surface area contributed by atoms with Crippen LogP contribution >= 0.6 is 11.6 Å². The molecule has 0 atom stereocenters. The summed E-state index contributed by atoms with van der Waals surface area (Å²) in [6.07, 6.45) is 0. The third-order valence-corrected chi connectivity index (χ3v) is 2.64. The fourth-order valence-corrected chi connectivity index (χ4v) is 1.64. The summed E-state index contributed by atoms with van der Waals surface area (Å²) >= 11 is 6.05. The first-order valence-electron chi connectivity index (χ1n) is 6.44. The number of benzene rings is 1. The highest BCUT2D eigenvalue weighted by molar-refractivity contribution is 6.30. The lowest BCUT2D eigenvalue weighted by Gasteiger charge is -2.22. The molecule has 0 saturated heterocycles. The van der Waals surface area contributed by atoms with E-state index in [2.05, 4.69) is 39.9 Å². The van der Waals surface area contributed by atoms with Gasteiger partial charge in [-0.25, -0.2) is 0 Å². The Morgan fingerprint density at radius 2 is 1.94 bits per heavy atom. The monoisotopic (exact) mass is 269 g/mol. The van der Waals surface area contributed by atoms with E-state index in [9.17, 15) is 0 Å². The van der Waals surface area contributed by atoms with Crippen LogP contribution in [0.3, 0.4) is 0 Å². The zero-order valence-corrected chi connectivity index (χ0v) is 12.8. The van der Waals surface area contributed by atoms with Gasteiger partial charge in [0.15, 0.2) is 0 Å². The standard InChI is InChI=1S/C15H24ClNO/c1-11(2)10-18-14-7-6-13(16)8-12(14)9-17-15(3,4)5/h6-8,11,17H,9-10H2,1-5H3. The van der Waals surface area contributed by atoms with Gasteiger partial charge < -0.3 is 10.1 Å². The Morgan fingerprint density at radius 3 is 2.50 bits per heavy atom. The first-order valence-corrected chi connectivity index (χ1v) is 6.82. The predicted octanol–water partition coefficient (Wildman–Crippen LogP) is 4.26. The van der Waals surface area contributed by atoms with E-state index in [-0.39, 0.29) is 5.54 Å². The van der Waals surface area contributed by atoms with Crippen molar-refractivity contribution in [3.63, 3.8) is 0 Å². The van der Waals surface area contributed by atoms with Gasteiger partial charge in [0.2, 0.25) is 0 Å². The lowest BCUT2D eigenvalue weighted by Crippen LogP contribution is -2.35. The van der Waals surface area contributed by atoms with Gasteiger partial charge in [-0.3, -0.25) is 0 Å². The van der Waals surface area contributed by atoms with Crippen molar-refractivity contribution < 1.29 is 4.74 Å². The van der Waals surface area contributed by atoms with Gasteiger partial charge in [0, 0.05) is 22.7 Å². The number of rotatable bonds is 5. The van der Waals surface area contributed by atoms with Crippen LogP contribution in [0.4, 0.5) is 0 Å². The third kappa shape index (κ3) is 5.74. The van der Waals surface area contributed by atoms with E-state index >= 15 is 0 Å². The molecule has 0 saturated carbocycles. The van der Waals surface area contributed by atoms with Crippen LogP contribution in [-0.4, -0.2) is 12.1 Å². The molecular formula is C15H24ClNO. The Kier molecular flexibility index (Phi) is 5.48. The van der Waals surface area contributed by atoms with Crippen LogP contribution < -0.4 is 10.1 Å². The molecule has 18 heavy (non-hydrogen) atoms. The van der Waals surface area contributed by atoms with Crippen LogP contribution in [0.2, 0.25) is 5.02 Å². The molecule has 2 nitrogen and oxygen atoms in total. The first kappa shape index (κ1) is 15.3. The van der Waals surface area contributed by atoms with Gasteiger partial charge in [0.25, 0.3) is 0 Å².